The molecular weight excluding hydrogens is 229 g/mol. The highest BCUT2D eigenvalue weighted by atomic mass is 79.9. The van der Waals surface area contributed by atoms with Crippen molar-refractivity contribution in [1.82, 2.24) is 5.32 Å². The Hall–Kier alpha value is -0.350. The Bertz CT molecular complexity index is 224. The first kappa shape index (κ1) is 8.74. The quantitative estimate of drug-likeness (QED) is 0.426. The van der Waals surface area contributed by atoms with Crippen LogP contribution in [0.2, 0.25) is 0 Å². The molecule has 60 valence electrons. The molecule has 3 nitrogen and oxygen atoms in total. The monoisotopic (exact) mass is 235 g/mol. The highest BCUT2D eigenvalue weighted by Crippen LogP contribution is 2.03. The topological polar surface area (TPSA) is 48.2 Å². The molecule has 1 heterocycles. The molecule has 1 aliphatic rings. The van der Waals surface area contributed by atoms with Gasteiger partial charge in [0.25, 0.3) is 0 Å². The number of allylic oxidation sites excluding steroid dienone is 1. The summed E-state index contributed by atoms with van der Waals surface area (Å²) in [5, 5.41) is 9.93. The maximum atomic E-state index is 6.89. The number of aliphatic imine (C=N–C) groups is 1. The average Bonchev–Trinajstić information content (AvgIpc) is 2.31. The van der Waals surface area contributed by atoms with E-state index >= 15 is 0 Å². The van der Waals surface area contributed by atoms with Crippen molar-refractivity contribution in [1.29, 1.82) is 5.41 Å². The van der Waals surface area contributed by atoms with Crippen molar-refractivity contribution in [3.63, 3.8) is 0 Å². The molecule has 1 aliphatic heterocycles. The van der Waals surface area contributed by atoms with Gasteiger partial charge in [0, 0.05) is 0 Å². The highest BCUT2D eigenvalue weighted by molar-refractivity contribution is 9.09. The van der Waals surface area contributed by atoms with E-state index in [1.54, 1.807) is 6.08 Å². The third kappa shape index (κ3) is 3.03. The van der Waals surface area contributed by atoms with Crippen molar-refractivity contribution in [3.05, 3.63) is 12.2 Å². The van der Waals surface area contributed by atoms with Crippen LogP contribution in [0.1, 0.15) is 0 Å². The molecular formula is C6H7BrClN3. The first-order chi connectivity index (χ1) is 5.18. The summed E-state index contributed by atoms with van der Waals surface area (Å²) in [6.45, 7) is 0.718. The second kappa shape index (κ2) is 3.88. The van der Waals surface area contributed by atoms with Crippen molar-refractivity contribution in [2.24, 2.45) is 4.99 Å². The molecule has 5 heteroatoms. The fraction of sp³-hybridized carbons (Fsp3) is 0.333. The van der Waals surface area contributed by atoms with Crippen LogP contribution >= 0.6 is 27.5 Å². The third-order valence-corrected chi connectivity index (χ3v) is 1.76. The number of amidine groups is 1. The van der Waals surface area contributed by atoms with Gasteiger partial charge in [0.05, 0.1) is 6.54 Å². The lowest BCUT2D eigenvalue weighted by molar-refractivity contribution is 0.908. The summed E-state index contributed by atoms with van der Waals surface area (Å²) < 4.78 is 0. The van der Waals surface area contributed by atoms with Gasteiger partial charge in [0.2, 0.25) is 0 Å². The van der Waals surface area contributed by atoms with Crippen LogP contribution in [0.5, 0.6) is 0 Å². The molecule has 0 aromatic rings. The van der Waals surface area contributed by atoms with E-state index in [0.29, 0.717) is 0 Å². The van der Waals surface area contributed by atoms with Crippen molar-refractivity contribution in [2.45, 2.75) is 4.95 Å². The number of nitrogens with one attached hydrogen (secondary N) is 2. The third-order valence-electron chi connectivity index (χ3n) is 1.11. The van der Waals surface area contributed by atoms with Crippen LogP contribution in [0.25, 0.3) is 0 Å². The summed E-state index contributed by atoms with van der Waals surface area (Å²) in [5.74, 6) is 0.761. The summed E-state index contributed by atoms with van der Waals surface area (Å²) in [5.41, 5.74) is 0. The Balaban J connectivity index is 2.45. The van der Waals surface area contributed by atoms with Crippen molar-refractivity contribution in [2.75, 3.05) is 6.54 Å². The van der Waals surface area contributed by atoms with Crippen LogP contribution in [0.15, 0.2) is 17.1 Å². The van der Waals surface area contributed by atoms with Gasteiger partial charge in [-0.15, -0.1) is 0 Å². The van der Waals surface area contributed by atoms with Gasteiger partial charge in [-0.3, -0.25) is 10.4 Å². The van der Waals surface area contributed by atoms with Crippen molar-refractivity contribution >= 4 is 38.5 Å². The molecule has 0 aromatic heterocycles. The fourth-order valence-corrected chi connectivity index (χ4v) is 1.13. The second-order valence-electron chi connectivity index (χ2n) is 2.02. The van der Waals surface area contributed by atoms with Crippen LogP contribution in [-0.2, 0) is 0 Å². The number of rotatable bonds is 2. The zero-order chi connectivity index (χ0) is 8.27. The van der Waals surface area contributed by atoms with Gasteiger partial charge in [-0.1, -0.05) is 27.5 Å². The fourth-order valence-electron chi connectivity index (χ4n) is 0.683. The highest BCUT2D eigenvalue weighted by Gasteiger charge is 2.10. The molecule has 2 N–H and O–H groups in total. The maximum absolute atomic E-state index is 6.89. The van der Waals surface area contributed by atoms with Gasteiger partial charge in [0.1, 0.15) is 16.0 Å². The Labute approximate surface area is 78.2 Å². The molecule has 11 heavy (non-hydrogen) atoms. The SMILES string of the molecule is N=C(Cl)/C=C\C1=NCC(Br)N1. The van der Waals surface area contributed by atoms with Crippen molar-refractivity contribution in [3.8, 4) is 0 Å². The van der Waals surface area contributed by atoms with E-state index in [1.165, 1.54) is 6.08 Å². The van der Waals surface area contributed by atoms with E-state index in [2.05, 4.69) is 26.2 Å². The summed E-state index contributed by atoms with van der Waals surface area (Å²) in [4.78, 5) is 4.32. The summed E-state index contributed by atoms with van der Waals surface area (Å²) in [6.07, 6.45) is 3.16. The molecule has 0 amide bonds. The zero-order valence-corrected chi connectivity index (χ0v) is 7.98. The number of hydrogen-bond donors (Lipinski definition) is 2. The lowest BCUT2D eigenvalue weighted by Gasteiger charge is -1.98. The van der Waals surface area contributed by atoms with E-state index in [4.69, 9.17) is 17.0 Å². The maximum Gasteiger partial charge on any atom is 0.121 e. The predicted molar refractivity (Wildman–Crippen MR) is 50.9 cm³/mol. The summed E-state index contributed by atoms with van der Waals surface area (Å²) in [7, 11) is 0. The second-order valence-corrected chi connectivity index (χ2v) is 3.53. The lowest BCUT2D eigenvalue weighted by Crippen LogP contribution is -2.23. The molecule has 0 saturated heterocycles. The van der Waals surface area contributed by atoms with Crippen molar-refractivity contribution < 1.29 is 0 Å². The summed E-state index contributed by atoms with van der Waals surface area (Å²) >= 11 is 8.63. The minimum absolute atomic E-state index is 0.00697. The normalized spacial score (nSPS) is 23.5. The first-order valence-electron chi connectivity index (χ1n) is 3.05. The largest absolute Gasteiger partial charge is 0.356 e. The molecule has 0 aromatic carbocycles. The van der Waals surface area contributed by atoms with E-state index < -0.39 is 0 Å². The van der Waals surface area contributed by atoms with Gasteiger partial charge < -0.3 is 5.32 Å². The Kier molecular flexibility index (Phi) is 3.08. The van der Waals surface area contributed by atoms with E-state index in [-0.39, 0.29) is 10.1 Å². The van der Waals surface area contributed by atoms with Crippen LogP contribution < -0.4 is 5.32 Å². The van der Waals surface area contributed by atoms with Gasteiger partial charge in [0.15, 0.2) is 0 Å². The Morgan fingerprint density at radius 2 is 2.64 bits per heavy atom. The van der Waals surface area contributed by atoms with Crippen LogP contribution in [0.4, 0.5) is 0 Å². The average molecular weight is 236 g/mol. The molecule has 0 bridgehead atoms. The molecule has 0 saturated carbocycles. The molecule has 1 rings (SSSR count). The van der Waals surface area contributed by atoms with Gasteiger partial charge in [-0.05, 0) is 12.2 Å². The van der Waals surface area contributed by atoms with Gasteiger partial charge >= 0.3 is 0 Å². The number of hydrogen-bond acceptors (Lipinski definition) is 3. The Morgan fingerprint density at radius 3 is 3.09 bits per heavy atom. The predicted octanol–water partition coefficient (Wildman–Crippen LogP) is 1.48. The van der Waals surface area contributed by atoms with E-state index in [1.807, 2.05) is 0 Å². The standard InChI is InChI=1S/C6H7BrClN3/c7-4-3-10-6(11-4)2-1-5(8)9/h1-2,4,9H,3H2,(H,10,11)/b2-1-,9-5?. The van der Waals surface area contributed by atoms with Gasteiger partial charge in [-0.2, -0.15) is 0 Å². The number of nitrogens with zero attached hydrogens (tertiary/aromatic N) is 1. The van der Waals surface area contributed by atoms with E-state index in [0.717, 1.165) is 12.4 Å². The Morgan fingerprint density at radius 1 is 1.91 bits per heavy atom. The minimum Gasteiger partial charge on any atom is -0.356 e. The molecule has 1 unspecified atom stereocenters. The molecule has 0 radical (unpaired) electrons. The summed E-state index contributed by atoms with van der Waals surface area (Å²) in [6, 6.07) is 0. The molecule has 0 fully saturated rings. The van der Waals surface area contributed by atoms with Crippen LogP contribution in [0, 0.1) is 5.41 Å². The molecule has 0 spiro atoms. The minimum atomic E-state index is 0.00697. The molecule has 1 atom stereocenters. The first-order valence-corrected chi connectivity index (χ1v) is 4.35. The zero-order valence-electron chi connectivity index (χ0n) is 5.64. The lowest BCUT2D eigenvalue weighted by atomic mass is 10.5. The molecule has 0 aliphatic carbocycles. The van der Waals surface area contributed by atoms with Crippen LogP contribution in [0.3, 0.4) is 0 Å². The number of halogens is 2. The van der Waals surface area contributed by atoms with E-state index in [9.17, 15) is 0 Å². The van der Waals surface area contributed by atoms with Gasteiger partial charge in [-0.25, -0.2) is 0 Å². The smallest absolute Gasteiger partial charge is 0.121 e. The number of alkyl halides is 1. The van der Waals surface area contributed by atoms with Crippen LogP contribution in [-0.4, -0.2) is 22.5 Å².